The third-order valence-electron chi connectivity index (χ3n) is 2.84. The van der Waals surface area contributed by atoms with Gasteiger partial charge < -0.3 is 24.7 Å². The van der Waals surface area contributed by atoms with E-state index < -0.39 is 0 Å². The Morgan fingerprint density at radius 3 is 2.52 bits per heavy atom. The normalized spacial score (nSPS) is 10.6. The second kappa shape index (κ2) is 11.4. The van der Waals surface area contributed by atoms with Gasteiger partial charge in [-0.25, -0.2) is 0 Å². The monoisotopic (exact) mass is 297 g/mol. The second-order valence-electron chi connectivity index (χ2n) is 4.61. The first-order chi connectivity index (χ1) is 10.3. The highest BCUT2D eigenvalue weighted by Gasteiger charge is 2.06. The average Bonchev–Trinajstić information content (AvgIpc) is 2.50. The minimum atomic E-state index is 0.499. The Morgan fingerprint density at radius 1 is 1.00 bits per heavy atom. The summed E-state index contributed by atoms with van der Waals surface area (Å²) in [6.45, 7) is 5.58. The van der Waals surface area contributed by atoms with Crippen molar-refractivity contribution in [2.75, 3.05) is 46.7 Å². The zero-order valence-electron chi connectivity index (χ0n) is 13.1. The van der Waals surface area contributed by atoms with Gasteiger partial charge >= 0.3 is 0 Å². The van der Waals surface area contributed by atoms with Gasteiger partial charge in [-0.15, -0.1) is 0 Å². The first-order valence-corrected chi connectivity index (χ1v) is 7.47. The van der Waals surface area contributed by atoms with Crippen molar-refractivity contribution in [3.63, 3.8) is 0 Å². The highest BCUT2D eigenvalue weighted by atomic mass is 16.5. The molecule has 0 saturated heterocycles. The van der Waals surface area contributed by atoms with E-state index in [1.165, 1.54) is 0 Å². The Bertz CT molecular complexity index is 385. The van der Waals surface area contributed by atoms with Crippen LogP contribution in [0.4, 0.5) is 0 Å². The van der Waals surface area contributed by atoms with Crippen LogP contribution in [0.15, 0.2) is 18.2 Å². The number of hydrogen-bond acceptors (Lipinski definition) is 5. The Morgan fingerprint density at radius 2 is 1.81 bits per heavy atom. The van der Waals surface area contributed by atoms with E-state index in [9.17, 15) is 0 Å². The van der Waals surface area contributed by atoms with E-state index in [1.54, 1.807) is 7.11 Å². The van der Waals surface area contributed by atoms with Gasteiger partial charge in [-0.2, -0.15) is 0 Å². The molecule has 0 unspecified atom stereocenters. The van der Waals surface area contributed by atoms with E-state index in [1.807, 2.05) is 18.2 Å². The van der Waals surface area contributed by atoms with Gasteiger partial charge in [-0.1, -0.05) is 13.0 Å². The summed E-state index contributed by atoms with van der Waals surface area (Å²) in [7, 11) is 1.65. The number of methoxy groups -OCH3 is 1. The maximum atomic E-state index is 5.79. The van der Waals surface area contributed by atoms with E-state index in [4.69, 9.17) is 24.7 Å². The topological polar surface area (TPSA) is 62.9 Å². The molecule has 0 aliphatic rings. The second-order valence-corrected chi connectivity index (χ2v) is 4.61. The highest BCUT2D eigenvalue weighted by Crippen LogP contribution is 2.25. The van der Waals surface area contributed by atoms with Crippen LogP contribution in [0.3, 0.4) is 0 Å². The lowest BCUT2D eigenvalue weighted by molar-refractivity contribution is 0.0542. The van der Waals surface area contributed by atoms with Gasteiger partial charge in [-0.3, -0.25) is 0 Å². The third kappa shape index (κ3) is 7.32. The van der Waals surface area contributed by atoms with Crippen molar-refractivity contribution >= 4 is 0 Å². The predicted octanol–water partition coefficient (Wildman–Crippen LogP) is 2.02. The minimum Gasteiger partial charge on any atom is -0.493 e. The Kier molecular flexibility index (Phi) is 9.61. The van der Waals surface area contributed by atoms with Gasteiger partial charge in [0, 0.05) is 13.2 Å². The molecule has 0 aromatic heterocycles. The zero-order chi connectivity index (χ0) is 15.3. The van der Waals surface area contributed by atoms with Crippen LogP contribution in [0.2, 0.25) is 0 Å². The Labute approximate surface area is 127 Å². The maximum Gasteiger partial charge on any atom is 0.126 e. The third-order valence-corrected chi connectivity index (χ3v) is 2.84. The van der Waals surface area contributed by atoms with E-state index in [0.29, 0.717) is 39.6 Å². The van der Waals surface area contributed by atoms with E-state index in [-0.39, 0.29) is 0 Å². The van der Waals surface area contributed by atoms with Crippen LogP contribution in [0, 0.1) is 0 Å². The molecule has 21 heavy (non-hydrogen) atoms. The summed E-state index contributed by atoms with van der Waals surface area (Å²) in [5.41, 5.74) is 6.73. The van der Waals surface area contributed by atoms with Gasteiger partial charge in [0.05, 0.1) is 26.4 Å². The molecule has 0 radical (unpaired) electrons. The smallest absolute Gasteiger partial charge is 0.126 e. The summed E-state index contributed by atoms with van der Waals surface area (Å²) < 4.78 is 21.7. The Hall–Kier alpha value is -1.30. The summed E-state index contributed by atoms with van der Waals surface area (Å²) in [4.78, 5) is 0. The maximum absolute atomic E-state index is 5.79. The molecule has 0 heterocycles. The van der Waals surface area contributed by atoms with Crippen molar-refractivity contribution in [2.24, 2.45) is 5.73 Å². The Balaban J connectivity index is 2.50. The van der Waals surface area contributed by atoms with Crippen molar-refractivity contribution in [1.82, 2.24) is 0 Å². The van der Waals surface area contributed by atoms with Gasteiger partial charge in [0.25, 0.3) is 0 Å². The molecule has 0 aliphatic heterocycles. The van der Waals surface area contributed by atoms with Crippen LogP contribution in [0.25, 0.3) is 0 Å². The van der Waals surface area contributed by atoms with Crippen LogP contribution in [0.5, 0.6) is 11.5 Å². The fraction of sp³-hybridized carbons (Fsp3) is 0.625. The number of hydrogen-bond donors (Lipinski definition) is 1. The van der Waals surface area contributed by atoms with Crippen molar-refractivity contribution in [3.05, 3.63) is 23.8 Å². The van der Waals surface area contributed by atoms with E-state index in [2.05, 4.69) is 6.92 Å². The molecule has 0 atom stereocenters. The number of ether oxygens (including phenoxy) is 4. The lowest BCUT2D eigenvalue weighted by Gasteiger charge is -2.13. The average molecular weight is 297 g/mol. The zero-order valence-corrected chi connectivity index (χ0v) is 13.1. The van der Waals surface area contributed by atoms with Gasteiger partial charge in [0.2, 0.25) is 0 Å². The lowest BCUT2D eigenvalue weighted by Crippen LogP contribution is -2.12. The molecule has 2 N–H and O–H groups in total. The molecular weight excluding hydrogens is 270 g/mol. The van der Waals surface area contributed by atoms with Crippen LogP contribution in [-0.2, 0) is 15.9 Å². The van der Waals surface area contributed by atoms with Gasteiger partial charge in [0.15, 0.2) is 0 Å². The molecule has 0 amide bonds. The van der Waals surface area contributed by atoms with Crippen LogP contribution in [0.1, 0.15) is 18.9 Å². The van der Waals surface area contributed by atoms with Crippen LogP contribution < -0.4 is 15.2 Å². The molecule has 1 aromatic rings. The summed E-state index contributed by atoms with van der Waals surface area (Å²) in [5.74, 6) is 1.65. The van der Waals surface area contributed by atoms with Crippen LogP contribution in [-0.4, -0.2) is 46.7 Å². The molecular formula is C16H27NO4. The molecule has 0 aliphatic carbocycles. The summed E-state index contributed by atoms with van der Waals surface area (Å²) in [5, 5.41) is 0. The molecule has 0 spiro atoms. The molecule has 1 aromatic carbocycles. The summed E-state index contributed by atoms with van der Waals surface area (Å²) in [6, 6.07) is 5.90. The molecule has 1 rings (SSSR count). The molecule has 0 bridgehead atoms. The van der Waals surface area contributed by atoms with E-state index in [0.717, 1.165) is 29.9 Å². The van der Waals surface area contributed by atoms with E-state index >= 15 is 0 Å². The van der Waals surface area contributed by atoms with Crippen molar-refractivity contribution in [1.29, 1.82) is 0 Å². The fourth-order valence-electron chi connectivity index (χ4n) is 1.80. The number of benzene rings is 1. The lowest BCUT2D eigenvalue weighted by atomic mass is 10.1. The quantitative estimate of drug-likeness (QED) is 0.598. The SMILES string of the molecule is CCCOc1ccc(CCN)c(OCCOCCOC)c1. The molecule has 5 nitrogen and oxygen atoms in total. The van der Waals surface area contributed by atoms with Crippen molar-refractivity contribution < 1.29 is 18.9 Å². The first-order valence-electron chi connectivity index (χ1n) is 7.47. The largest absolute Gasteiger partial charge is 0.493 e. The fourth-order valence-corrected chi connectivity index (χ4v) is 1.80. The predicted molar refractivity (Wildman–Crippen MR) is 83.2 cm³/mol. The van der Waals surface area contributed by atoms with Crippen molar-refractivity contribution in [2.45, 2.75) is 19.8 Å². The molecule has 0 fully saturated rings. The molecule has 0 saturated carbocycles. The number of nitrogens with two attached hydrogens (primary N) is 1. The molecule has 120 valence electrons. The standard InChI is InChI=1S/C16H27NO4/c1-3-8-20-15-5-4-14(6-7-17)16(13-15)21-12-11-19-10-9-18-2/h4-5,13H,3,6-12,17H2,1-2H3. The number of rotatable bonds is 12. The summed E-state index contributed by atoms with van der Waals surface area (Å²) >= 11 is 0. The van der Waals surface area contributed by atoms with Crippen molar-refractivity contribution in [3.8, 4) is 11.5 Å². The highest BCUT2D eigenvalue weighted by molar-refractivity contribution is 5.41. The molecule has 5 heteroatoms. The van der Waals surface area contributed by atoms with Gasteiger partial charge in [0.1, 0.15) is 18.1 Å². The first kappa shape index (κ1) is 17.8. The minimum absolute atomic E-state index is 0.499. The summed E-state index contributed by atoms with van der Waals surface area (Å²) in [6.07, 6.45) is 1.77. The van der Waals surface area contributed by atoms with Crippen LogP contribution >= 0.6 is 0 Å². The van der Waals surface area contributed by atoms with Gasteiger partial charge in [-0.05, 0) is 31.0 Å².